The number of rotatable bonds is 5. The van der Waals surface area contributed by atoms with Gasteiger partial charge in [-0.15, -0.1) is 0 Å². The fourth-order valence-electron chi connectivity index (χ4n) is 1.77. The molecule has 5 heteroatoms. The first-order chi connectivity index (χ1) is 8.99. The van der Waals surface area contributed by atoms with Crippen molar-refractivity contribution >= 4 is 19.1 Å². The van der Waals surface area contributed by atoms with Crippen molar-refractivity contribution in [3.05, 3.63) is 30.1 Å². The number of imidazole rings is 1. The van der Waals surface area contributed by atoms with E-state index in [4.69, 9.17) is 10.00 Å². The van der Waals surface area contributed by atoms with Gasteiger partial charge in [0.05, 0.1) is 29.0 Å². The third-order valence-corrected chi connectivity index (χ3v) is 4.68. The van der Waals surface area contributed by atoms with Crippen LogP contribution in [0.4, 0.5) is 0 Å². The normalized spacial score (nSPS) is 11.7. The van der Waals surface area contributed by atoms with Crippen molar-refractivity contribution in [1.82, 2.24) is 9.55 Å². The molecule has 0 saturated heterocycles. The van der Waals surface area contributed by atoms with E-state index in [0.29, 0.717) is 12.3 Å². The number of hydrogen-bond acceptors (Lipinski definition) is 3. The lowest BCUT2D eigenvalue weighted by molar-refractivity contribution is 0.0898. The molecule has 0 aliphatic heterocycles. The Morgan fingerprint density at radius 3 is 2.84 bits per heavy atom. The van der Waals surface area contributed by atoms with E-state index < -0.39 is 8.07 Å². The molecular formula is C14H19N3OSi. The van der Waals surface area contributed by atoms with Crippen molar-refractivity contribution in [2.24, 2.45) is 0 Å². The third kappa shape index (κ3) is 3.66. The lowest BCUT2D eigenvalue weighted by atomic mass is 10.2. The van der Waals surface area contributed by atoms with Crippen LogP contribution in [-0.4, -0.2) is 24.2 Å². The molecule has 1 aromatic carbocycles. The minimum absolute atomic E-state index is 0.496. The molecule has 2 rings (SSSR count). The number of ether oxygens (including phenoxy) is 1. The molecule has 0 aliphatic rings. The minimum Gasteiger partial charge on any atom is -0.361 e. The standard InChI is InChI=1S/C14H19N3OSi/c1-19(2,3)7-6-18-11-17-10-16-13-5-4-12(9-15)8-14(13)17/h4-5,8,10H,6-7,11H2,1-3H3. The Labute approximate surface area is 114 Å². The number of nitrogens with zero attached hydrogens (tertiary/aromatic N) is 3. The highest BCUT2D eigenvalue weighted by Gasteiger charge is 2.12. The van der Waals surface area contributed by atoms with Crippen LogP contribution in [0.25, 0.3) is 11.0 Å². The molecule has 0 saturated carbocycles. The summed E-state index contributed by atoms with van der Waals surface area (Å²) in [7, 11) is -1.04. The number of fused-ring (bicyclic) bond motifs is 1. The molecule has 0 spiro atoms. The van der Waals surface area contributed by atoms with E-state index in [1.807, 2.05) is 16.7 Å². The van der Waals surface area contributed by atoms with Gasteiger partial charge in [0.25, 0.3) is 0 Å². The molecule has 0 amide bonds. The van der Waals surface area contributed by atoms with E-state index in [9.17, 15) is 0 Å². The molecule has 1 aromatic heterocycles. The van der Waals surface area contributed by atoms with Crippen LogP contribution < -0.4 is 0 Å². The molecule has 19 heavy (non-hydrogen) atoms. The Kier molecular flexibility index (Phi) is 4.03. The predicted octanol–water partition coefficient (Wildman–Crippen LogP) is 3.22. The lowest BCUT2D eigenvalue weighted by Crippen LogP contribution is -2.21. The van der Waals surface area contributed by atoms with Gasteiger partial charge < -0.3 is 9.30 Å². The van der Waals surface area contributed by atoms with Crippen molar-refractivity contribution in [1.29, 1.82) is 5.26 Å². The summed E-state index contributed by atoms with van der Waals surface area (Å²) in [6.45, 7) is 8.29. The van der Waals surface area contributed by atoms with Gasteiger partial charge in [-0.2, -0.15) is 5.26 Å². The van der Waals surface area contributed by atoms with E-state index in [1.165, 1.54) is 0 Å². The van der Waals surface area contributed by atoms with Gasteiger partial charge in [-0.3, -0.25) is 0 Å². The molecule has 0 bridgehead atoms. The van der Waals surface area contributed by atoms with Crippen LogP contribution in [0.2, 0.25) is 25.7 Å². The topological polar surface area (TPSA) is 50.8 Å². The molecule has 4 nitrogen and oxygen atoms in total. The summed E-state index contributed by atoms with van der Waals surface area (Å²) in [6, 6.07) is 8.81. The highest BCUT2D eigenvalue weighted by atomic mass is 28.3. The summed E-state index contributed by atoms with van der Waals surface area (Å²) in [5, 5.41) is 8.92. The molecule has 0 N–H and O–H groups in total. The first-order valence-electron chi connectivity index (χ1n) is 6.42. The SMILES string of the molecule is C[Si](C)(C)CCOCn1cnc2ccc(C#N)cc21. The summed E-state index contributed by atoms with van der Waals surface area (Å²) in [6.07, 6.45) is 1.76. The second-order valence-electron chi connectivity index (χ2n) is 5.88. The fourth-order valence-corrected chi connectivity index (χ4v) is 2.53. The minimum atomic E-state index is -1.04. The Bertz CT molecular complexity index is 607. The summed E-state index contributed by atoms with van der Waals surface area (Å²) < 4.78 is 7.66. The monoisotopic (exact) mass is 273 g/mol. The van der Waals surface area contributed by atoms with Gasteiger partial charge in [-0.25, -0.2) is 4.98 Å². The zero-order valence-electron chi connectivity index (χ0n) is 11.7. The Morgan fingerprint density at radius 2 is 2.16 bits per heavy atom. The molecule has 0 radical (unpaired) electrons. The lowest BCUT2D eigenvalue weighted by Gasteiger charge is -2.15. The summed E-state index contributed by atoms with van der Waals surface area (Å²) in [5.74, 6) is 0. The van der Waals surface area contributed by atoms with Gasteiger partial charge in [0.2, 0.25) is 0 Å². The zero-order chi connectivity index (χ0) is 13.9. The van der Waals surface area contributed by atoms with E-state index in [0.717, 1.165) is 23.7 Å². The molecular weight excluding hydrogens is 254 g/mol. The highest BCUT2D eigenvalue weighted by molar-refractivity contribution is 6.76. The van der Waals surface area contributed by atoms with Crippen molar-refractivity contribution in [2.75, 3.05) is 6.61 Å². The number of hydrogen-bond donors (Lipinski definition) is 0. The van der Waals surface area contributed by atoms with E-state index in [-0.39, 0.29) is 0 Å². The van der Waals surface area contributed by atoms with Crippen LogP contribution in [0.1, 0.15) is 5.56 Å². The maximum absolute atomic E-state index is 8.92. The van der Waals surface area contributed by atoms with Crippen molar-refractivity contribution in [2.45, 2.75) is 32.4 Å². The Hall–Kier alpha value is -1.64. The van der Waals surface area contributed by atoms with Gasteiger partial charge >= 0.3 is 0 Å². The van der Waals surface area contributed by atoms with Crippen LogP contribution in [0.5, 0.6) is 0 Å². The number of benzene rings is 1. The highest BCUT2D eigenvalue weighted by Crippen LogP contribution is 2.15. The summed E-state index contributed by atoms with van der Waals surface area (Å²) >= 11 is 0. The molecule has 0 unspecified atom stereocenters. The van der Waals surface area contributed by atoms with Crippen LogP contribution in [-0.2, 0) is 11.5 Å². The molecule has 0 fully saturated rings. The smallest absolute Gasteiger partial charge is 0.124 e. The Morgan fingerprint density at radius 1 is 1.37 bits per heavy atom. The second kappa shape index (κ2) is 5.55. The summed E-state index contributed by atoms with van der Waals surface area (Å²) in [4.78, 5) is 4.30. The quantitative estimate of drug-likeness (QED) is 0.621. The van der Waals surface area contributed by atoms with Gasteiger partial charge in [0, 0.05) is 14.7 Å². The van der Waals surface area contributed by atoms with E-state index >= 15 is 0 Å². The first-order valence-corrected chi connectivity index (χ1v) is 10.1. The maximum atomic E-state index is 8.92. The predicted molar refractivity (Wildman–Crippen MR) is 78.6 cm³/mol. The van der Waals surface area contributed by atoms with Crippen molar-refractivity contribution < 1.29 is 4.74 Å². The number of nitriles is 1. The average molecular weight is 273 g/mol. The first kappa shape index (κ1) is 13.8. The van der Waals surface area contributed by atoms with Crippen LogP contribution >= 0.6 is 0 Å². The Balaban J connectivity index is 2.03. The van der Waals surface area contributed by atoms with Crippen LogP contribution in [0.15, 0.2) is 24.5 Å². The average Bonchev–Trinajstić information content (AvgIpc) is 2.76. The molecule has 1 heterocycles. The van der Waals surface area contributed by atoms with Gasteiger partial charge in [0.15, 0.2) is 0 Å². The molecule has 0 aliphatic carbocycles. The van der Waals surface area contributed by atoms with E-state index in [2.05, 4.69) is 30.7 Å². The third-order valence-electron chi connectivity index (χ3n) is 2.98. The molecule has 0 atom stereocenters. The largest absolute Gasteiger partial charge is 0.361 e. The zero-order valence-corrected chi connectivity index (χ0v) is 12.7. The van der Waals surface area contributed by atoms with Crippen molar-refractivity contribution in [3.63, 3.8) is 0 Å². The fraction of sp³-hybridized carbons (Fsp3) is 0.429. The second-order valence-corrected chi connectivity index (χ2v) is 11.5. The van der Waals surface area contributed by atoms with Gasteiger partial charge in [-0.1, -0.05) is 19.6 Å². The van der Waals surface area contributed by atoms with Gasteiger partial charge in [0.1, 0.15) is 6.73 Å². The molecule has 2 aromatic rings. The summed E-state index contributed by atoms with van der Waals surface area (Å²) in [5.41, 5.74) is 2.50. The number of aromatic nitrogens is 2. The molecule has 100 valence electrons. The van der Waals surface area contributed by atoms with Crippen LogP contribution in [0, 0.1) is 11.3 Å². The van der Waals surface area contributed by atoms with Crippen LogP contribution in [0.3, 0.4) is 0 Å². The maximum Gasteiger partial charge on any atom is 0.124 e. The van der Waals surface area contributed by atoms with Gasteiger partial charge in [-0.05, 0) is 24.2 Å². The van der Waals surface area contributed by atoms with Crippen molar-refractivity contribution in [3.8, 4) is 6.07 Å². The van der Waals surface area contributed by atoms with E-state index in [1.54, 1.807) is 12.4 Å².